The molecule has 1 saturated heterocycles. The lowest BCUT2D eigenvalue weighted by molar-refractivity contribution is -0.0291. The maximum absolute atomic E-state index is 12.9. The zero-order valence-electron chi connectivity index (χ0n) is 13.8. The number of hydrogen-bond donors (Lipinski definition) is 1. The number of nitrogens with zero attached hydrogens (tertiary/aromatic N) is 1. The van der Waals surface area contributed by atoms with Crippen LogP contribution in [0.3, 0.4) is 0 Å². The lowest BCUT2D eigenvalue weighted by atomic mass is 10.1. The molecule has 25 heavy (non-hydrogen) atoms. The van der Waals surface area contributed by atoms with E-state index >= 15 is 0 Å². The van der Waals surface area contributed by atoms with Crippen LogP contribution in [0.4, 0.5) is 4.39 Å². The Kier molecular flexibility index (Phi) is 5.80. The molecule has 0 saturated carbocycles. The molecule has 0 radical (unpaired) electrons. The van der Waals surface area contributed by atoms with E-state index in [-0.39, 0.29) is 11.0 Å². The van der Waals surface area contributed by atoms with Gasteiger partial charge in [-0.3, -0.25) is 4.90 Å². The molecule has 3 rings (SSSR count). The van der Waals surface area contributed by atoms with E-state index in [1.54, 1.807) is 0 Å². The van der Waals surface area contributed by atoms with Crippen molar-refractivity contribution >= 4 is 10.0 Å². The van der Waals surface area contributed by atoms with E-state index < -0.39 is 15.8 Å². The summed E-state index contributed by atoms with van der Waals surface area (Å²) in [6.07, 6.45) is 0.00338. The van der Waals surface area contributed by atoms with Gasteiger partial charge in [0.15, 0.2) is 0 Å². The van der Waals surface area contributed by atoms with E-state index in [1.807, 2.05) is 30.3 Å². The third kappa shape index (κ3) is 4.85. The van der Waals surface area contributed by atoms with Crippen molar-refractivity contribution in [3.05, 3.63) is 66.0 Å². The smallest absolute Gasteiger partial charge is 0.240 e. The second kappa shape index (κ2) is 8.05. The zero-order chi connectivity index (χ0) is 17.7. The van der Waals surface area contributed by atoms with Crippen molar-refractivity contribution in [2.24, 2.45) is 0 Å². The summed E-state index contributed by atoms with van der Waals surface area (Å²) in [5, 5.41) is 0. The summed E-state index contributed by atoms with van der Waals surface area (Å²) < 4.78 is 45.7. The molecule has 1 fully saturated rings. The van der Waals surface area contributed by atoms with Gasteiger partial charge in [-0.05, 0) is 29.8 Å². The molecular formula is C18H21FN2O3S. The molecule has 1 unspecified atom stereocenters. The van der Waals surface area contributed by atoms with Crippen LogP contribution in [0.15, 0.2) is 59.5 Å². The molecule has 0 bridgehead atoms. The Labute approximate surface area is 147 Å². The SMILES string of the molecule is O=S(=O)(NCCN1CCOC(c2ccccc2)C1)c1ccc(F)cc1. The van der Waals surface area contributed by atoms with Gasteiger partial charge in [-0.15, -0.1) is 0 Å². The summed E-state index contributed by atoms with van der Waals surface area (Å²) >= 11 is 0. The molecule has 2 aromatic rings. The standard InChI is InChI=1S/C18H21FN2O3S/c19-16-6-8-17(9-7-16)25(22,23)20-10-11-21-12-13-24-18(14-21)15-4-2-1-3-5-15/h1-9,18,20H,10-14H2. The minimum atomic E-state index is -3.62. The monoisotopic (exact) mass is 364 g/mol. The molecule has 134 valence electrons. The lowest BCUT2D eigenvalue weighted by Crippen LogP contribution is -2.42. The Morgan fingerprint density at radius 1 is 1.12 bits per heavy atom. The van der Waals surface area contributed by atoms with Crippen molar-refractivity contribution in [1.29, 1.82) is 0 Å². The predicted octanol–water partition coefficient (Wildman–Crippen LogP) is 2.18. The van der Waals surface area contributed by atoms with E-state index in [2.05, 4.69) is 9.62 Å². The molecule has 1 heterocycles. The molecule has 5 nitrogen and oxygen atoms in total. The Morgan fingerprint density at radius 2 is 1.84 bits per heavy atom. The van der Waals surface area contributed by atoms with Crippen molar-refractivity contribution < 1.29 is 17.5 Å². The van der Waals surface area contributed by atoms with Gasteiger partial charge in [-0.25, -0.2) is 17.5 Å². The highest BCUT2D eigenvalue weighted by atomic mass is 32.2. The molecule has 7 heteroatoms. The van der Waals surface area contributed by atoms with E-state index in [0.29, 0.717) is 19.7 Å². The minimum absolute atomic E-state index is 0.00338. The van der Waals surface area contributed by atoms with E-state index in [9.17, 15) is 12.8 Å². The van der Waals surface area contributed by atoms with Crippen molar-refractivity contribution in [2.45, 2.75) is 11.0 Å². The van der Waals surface area contributed by atoms with E-state index in [1.165, 1.54) is 12.1 Å². The van der Waals surface area contributed by atoms with Crippen molar-refractivity contribution in [1.82, 2.24) is 9.62 Å². The van der Waals surface area contributed by atoms with Gasteiger partial charge in [0.1, 0.15) is 5.82 Å². The first-order valence-electron chi connectivity index (χ1n) is 8.19. The maximum atomic E-state index is 12.9. The molecule has 1 aliphatic heterocycles. The summed E-state index contributed by atoms with van der Waals surface area (Å²) in [5.74, 6) is -0.459. The van der Waals surface area contributed by atoms with Crippen LogP contribution in [0.25, 0.3) is 0 Å². The normalized spacial score (nSPS) is 19.0. The molecule has 0 spiro atoms. The van der Waals surface area contributed by atoms with Crippen LogP contribution in [0.5, 0.6) is 0 Å². The summed E-state index contributed by atoms with van der Waals surface area (Å²) in [6, 6.07) is 14.8. The van der Waals surface area contributed by atoms with E-state index in [4.69, 9.17) is 4.74 Å². The zero-order valence-corrected chi connectivity index (χ0v) is 14.6. The van der Waals surface area contributed by atoms with Crippen LogP contribution in [0.1, 0.15) is 11.7 Å². The summed E-state index contributed by atoms with van der Waals surface area (Å²) in [7, 11) is -3.62. The number of morpholine rings is 1. The topological polar surface area (TPSA) is 58.6 Å². The van der Waals surface area contributed by atoms with Crippen molar-refractivity contribution in [3.8, 4) is 0 Å². The van der Waals surface area contributed by atoms with Crippen LogP contribution in [0, 0.1) is 5.82 Å². The number of nitrogens with one attached hydrogen (secondary N) is 1. The second-order valence-corrected chi connectivity index (χ2v) is 7.69. The number of hydrogen-bond acceptors (Lipinski definition) is 4. The van der Waals surface area contributed by atoms with Crippen LogP contribution >= 0.6 is 0 Å². The average molecular weight is 364 g/mol. The van der Waals surface area contributed by atoms with Gasteiger partial charge in [0.05, 0.1) is 17.6 Å². The first-order valence-corrected chi connectivity index (χ1v) is 9.67. The molecule has 1 atom stereocenters. The predicted molar refractivity (Wildman–Crippen MR) is 93.2 cm³/mol. The fraction of sp³-hybridized carbons (Fsp3) is 0.333. The molecule has 1 N–H and O–H groups in total. The van der Waals surface area contributed by atoms with Crippen LogP contribution in [0.2, 0.25) is 0 Å². The third-order valence-electron chi connectivity index (χ3n) is 4.17. The maximum Gasteiger partial charge on any atom is 0.240 e. The fourth-order valence-corrected chi connectivity index (χ4v) is 3.83. The van der Waals surface area contributed by atoms with Crippen molar-refractivity contribution in [2.75, 3.05) is 32.8 Å². The largest absolute Gasteiger partial charge is 0.371 e. The molecule has 0 aliphatic carbocycles. The molecule has 1 aliphatic rings. The fourth-order valence-electron chi connectivity index (χ4n) is 2.81. The number of benzene rings is 2. The number of sulfonamides is 1. The number of halogens is 1. The highest BCUT2D eigenvalue weighted by Gasteiger charge is 2.22. The van der Waals surface area contributed by atoms with Gasteiger partial charge in [0.2, 0.25) is 10.0 Å². The van der Waals surface area contributed by atoms with Gasteiger partial charge in [-0.2, -0.15) is 0 Å². The third-order valence-corrected chi connectivity index (χ3v) is 5.64. The van der Waals surface area contributed by atoms with E-state index in [0.717, 1.165) is 30.8 Å². The van der Waals surface area contributed by atoms with Gasteiger partial charge < -0.3 is 4.74 Å². The Hall–Kier alpha value is -1.80. The van der Waals surface area contributed by atoms with Gasteiger partial charge >= 0.3 is 0 Å². The van der Waals surface area contributed by atoms with Gasteiger partial charge in [0.25, 0.3) is 0 Å². The molecular weight excluding hydrogens is 343 g/mol. The Bertz CT molecular complexity index is 782. The van der Waals surface area contributed by atoms with Crippen LogP contribution < -0.4 is 4.72 Å². The quantitative estimate of drug-likeness (QED) is 0.854. The summed E-state index contributed by atoms with van der Waals surface area (Å²) in [5.41, 5.74) is 1.12. The lowest BCUT2D eigenvalue weighted by Gasteiger charge is -2.33. The first kappa shape index (κ1) is 18.0. The molecule has 2 aromatic carbocycles. The van der Waals surface area contributed by atoms with Gasteiger partial charge in [0, 0.05) is 26.2 Å². The van der Waals surface area contributed by atoms with Crippen LogP contribution in [-0.2, 0) is 14.8 Å². The highest BCUT2D eigenvalue weighted by Crippen LogP contribution is 2.21. The molecule has 0 aromatic heterocycles. The highest BCUT2D eigenvalue weighted by molar-refractivity contribution is 7.89. The minimum Gasteiger partial charge on any atom is -0.371 e. The van der Waals surface area contributed by atoms with Crippen LogP contribution in [-0.4, -0.2) is 46.1 Å². The Morgan fingerprint density at radius 3 is 2.56 bits per heavy atom. The van der Waals surface area contributed by atoms with Crippen molar-refractivity contribution in [3.63, 3.8) is 0 Å². The second-order valence-electron chi connectivity index (χ2n) is 5.92. The number of rotatable bonds is 6. The summed E-state index contributed by atoms with van der Waals surface area (Å²) in [4.78, 5) is 2.24. The van der Waals surface area contributed by atoms with Gasteiger partial charge in [-0.1, -0.05) is 30.3 Å². The molecule has 0 amide bonds. The first-order chi connectivity index (χ1) is 12.0. The Balaban J connectivity index is 1.52. The number of ether oxygens (including phenoxy) is 1. The average Bonchev–Trinajstić information content (AvgIpc) is 2.63. The summed E-state index contributed by atoms with van der Waals surface area (Å²) in [6.45, 7) is 2.99.